The summed E-state index contributed by atoms with van der Waals surface area (Å²) in [5.74, 6) is -1.07. The maximum atomic E-state index is 14.1. The number of carboxylic acids is 1. The molecule has 0 aliphatic rings. The van der Waals surface area contributed by atoms with Gasteiger partial charge in [-0.15, -0.1) is 0 Å². The molecule has 6 heteroatoms. The van der Waals surface area contributed by atoms with Crippen LogP contribution in [0.15, 0.2) is 59.6 Å². The van der Waals surface area contributed by atoms with E-state index in [0.29, 0.717) is 12.3 Å². The molecule has 0 radical (unpaired) electrons. The fourth-order valence-corrected chi connectivity index (χ4v) is 3.43. The topological polar surface area (TPSA) is 68.1 Å². The van der Waals surface area contributed by atoms with E-state index in [2.05, 4.69) is 37.9 Å². The average molecular weight is 435 g/mol. The lowest BCUT2D eigenvalue weighted by Crippen LogP contribution is -2.10. The van der Waals surface area contributed by atoms with E-state index in [-0.39, 0.29) is 5.75 Å². The van der Waals surface area contributed by atoms with E-state index in [1.54, 1.807) is 12.3 Å². The molecule has 0 aliphatic carbocycles. The van der Waals surface area contributed by atoms with E-state index in [9.17, 15) is 9.18 Å². The van der Waals surface area contributed by atoms with Crippen LogP contribution in [0.5, 0.6) is 11.5 Å². The molecule has 0 amide bonds. The first kappa shape index (κ1) is 23.0. The fourth-order valence-electron chi connectivity index (χ4n) is 3.43. The summed E-state index contributed by atoms with van der Waals surface area (Å²) in [7, 11) is 0. The largest absolute Gasteiger partial charge is 0.494 e. The van der Waals surface area contributed by atoms with Gasteiger partial charge in [-0.05, 0) is 78.4 Å². The molecule has 3 rings (SSSR count). The van der Waals surface area contributed by atoms with Gasteiger partial charge in [0.2, 0.25) is 0 Å². The van der Waals surface area contributed by atoms with Crippen molar-refractivity contribution < 1.29 is 23.8 Å². The zero-order valence-corrected chi connectivity index (χ0v) is 18.4. The molecule has 0 saturated carbocycles. The molecule has 3 aromatic rings. The van der Waals surface area contributed by atoms with Gasteiger partial charge in [-0.3, -0.25) is 4.99 Å². The summed E-state index contributed by atoms with van der Waals surface area (Å²) < 4.78 is 24.8. The van der Waals surface area contributed by atoms with Crippen LogP contribution in [0, 0.1) is 19.7 Å². The fraction of sp³-hybridized carbons (Fsp3) is 0.231. The Morgan fingerprint density at radius 2 is 1.81 bits per heavy atom. The number of hydrogen-bond donors (Lipinski definition) is 1. The number of hydrogen-bond acceptors (Lipinski definition) is 4. The Kier molecular flexibility index (Phi) is 7.60. The van der Waals surface area contributed by atoms with Crippen LogP contribution in [-0.2, 0) is 4.79 Å². The molecule has 0 saturated heterocycles. The Morgan fingerprint density at radius 1 is 1.06 bits per heavy atom. The number of carbonyl (C=O) groups is 1. The van der Waals surface area contributed by atoms with Crippen molar-refractivity contribution in [3.63, 3.8) is 0 Å². The number of aliphatic imine (C=N–C) groups is 1. The molecule has 0 bridgehead atoms. The first-order valence-corrected chi connectivity index (χ1v) is 10.4. The van der Waals surface area contributed by atoms with Crippen LogP contribution in [-0.4, -0.2) is 30.5 Å². The minimum atomic E-state index is -1.17. The molecular weight excluding hydrogens is 409 g/mol. The summed E-state index contributed by atoms with van der Waals surface area (Å²) in [5, 5.41) is 8.64. The zero-order valence-electron chi connectivity index (χ0n) is 18.4. The molecule has 1 N–H and O–H groups in total. The van der Waals surface area contributed by atoms with E-state index < -0.39 is 18.4 Å². The van der Waals surface area contributed by atoms with Crippen LogP contribution in [0.4, 0.5) is 10.1 Å². The Hall–Kier alpha value is -3.67. The summed E-state index contributed by atoms with van der Waals surface area (Å²) in [4.78, 5) is 14.9. The monoisotopic (exact) mass is 435 g/mol. The minimum absolute atomic E-state index is 0.120. The molecule has 0 heterocycles. The Balaban J connectivity index is 1.80. The Morgan fingerprint density at radius 3 is 2.47 bits per heavy atom. The van der Waals surface area contributed by atoms with Gasteiger partial charge in [0.15, 0.2) is 18.2 Å². The van der Waals surface area contributed by atoms with Crippen molar-refractivity contribution in [3.05, 3.63) is 77.1 Å². The lowest BCUT2D eigenvalue weighted by molar-refractivity contribution is -0.139. The van der Waals surface area contributed by atoms with Gasteiger partial charge >= 0.3 is 5.97 Å². The van der Waals surface area contributed by atoms with Crippen molar-refractivity contribution >= 4 is 17.9 Å². The number of halogens is 1. The number of nitrogens with zero attached hydrogens (tertiary/aromatic N) is 1. The van der Waals surface area contributed by atoms with Gasteiger partial charge in [0.25, 0.3) is 0 Å². The van der Waals surface area contributed by atoms with Crippen LogP contribution in [0.1, 0.15) is 30.0 Å². The lowest BCUT2D eigenvalue weighted by atomic mass is 9.94. The average Bonchev–Trinajstić information content (AvgIpc) is 2.75. The van der Waals surface area contributed by atoms with Crippen LogP contribution < -0.4 is 9.47 Å². The van der Waals surface area contributed by atoms with Gasteiger partial charge < -0.3 is 14.6 Å². The lowest BCUT2D eigenvalue weighted by Gasteiger charge is -2.14. The van der Waals surface area contributed by atoms with E-state index in [1.165, 1.54) is 12.1 Å². The van der Waals surface area contributed by atoms with Gasteiger partial charge in [0, 0.05) is 12.3 Å². The van der Waals surface area contributed by atoms with Gasteiger partial charge in [0.05, 0.1) is 12.3 Å². The minimum Gasteiger partial charge on any atom is -0.494 e. The van der Waals surface area contributed by atoms with Crippen molar-refractivity contribution in [2.24, 2.45) is 4.99 Å². The van der Waals surface area contributed by atoms with E-state index in [4.69, 9.17) is 14.6 Å². The van der Waals surface area contributed by atoms with Crippen molar-refractivity contribution in [2.75, 3.05) is 13.2 Å². The molecule has 0 spiro atoms. The molecule has 166 valence electrons. The Bertz CT molecular complexity index is 1120. The molecule has 0 unspecified atom stereocenters. The Labute approximate surface area is 187 Å². The van der Waals surface area contributed by atoms with Gasteiger partial charge in [-0.1, -0.05) is 25.1 Å². The standard InChI is InChI=1S/C26H26FNO4/c1-4-10-31-22-11-17(2)26(18(3)12-22)20-7-5-6-19(13-20)15-28-21-8-9-24(23(27)14-21)32-16-25(29)30/h5-9,11-15H,4,10,16H2,1-3H3,(H,29,30). The molecule has 3 aromatic carbocycles. The van der Waals surface area contributed by atoms with Crippen molar-refractivity contribution in [1.29, 1.82) is 0 Å². The van der Waals surface area contributed by atoms with Crippen LogP contribution in [0.25, 0.3) is 11.1 Å². The van der Waals surface area contributed by atoms with E-state index in [0.717, 1.165) is 40.0 Å². The third-order valence-corrected chi connectivity index (χ3v) is 4.78. The molecule has 32 heavy (non-hydrogen) atoms. The number of carboxylic acid groups (broad SMARTS) is 1. The van der Waals surface area contributed by atoms with Crippen molar-refractivity contribution in [1.82, 2.24) is 0 Å². The third kappa shape index (κ3) is 5.94. The normalized spacial score (nSPS) is 11.0. The molecule has 0 aromatic heterocycles. The number of rotatable bonds is 9. The highest BCUT2D eigenvalue weighted by molar-refractivity contribution is 5.85. The van der Waals surface area contributed by atoms with Gasteiger partial charge in [-0.25, -0.2) is 9.18 Å². The predicted molar refractivity (Wildman–Crippen MR) is 124 cm³/mol. The summed E-state index contributed by atoms with van der Waals surface area (Å²) in [6.07, 6.45) is 2.63. The van der Waals surface area contributed by atoms with E-state index >= 15 is 0 Å². The number of benzene rings is 3. The molecular formula is C26H26FNO4. The smallest absolute Gasteiger partial charge is 0.341 e. The van der Waals surface area contributed by atoms with Crippen LogP contribution >= 0.6 is 0 Å². The second-order valence-electron chi connectivity index (χ2n) is 7.46. The number of aryl methyl sites for hydroxylation is 2. The molecule has 0 fully saturated rings. The van der Waals surface area contributed by atoms with Crippen molar-refractivity contribution in [3.8, 4) is 22.6 Å². The highest BCUT2D eigenvalue weighted by Crippen LogP contribution is 2.31. The molecule has 5 nitrogen and oxygen atoms in total. The maximum Gasteiger partial charge on any atom is 0.341 e. The summed E-state index contributed by atoms with van der Waals surface area (Å²) in [6.45, 7) is 6.31. The third-order valence-electron chi connectivity index (χ3n) is 4.78. The first-order chi connectivity index (χ1) is 15.4. The van der Waals surface area contributed by atoms with Crippen molar-refractivity contribution in [2.45, 2.75) is 27.2 Å². The van der Waals surface area contributed by atoms with Gasteiger partial charge in [0.1, 0.15) is 5.75 Å². The number of ether oxygens (including phenoxy) is 2. The quantitative estimate of drug-likeness (QED) is 0.412. The summed E-state index contributed by atoms with van der Waals surface area (Å²) in [6, 6.07) is 16.2. The second kappa shape index (κ2) is 10.6. The molecule has 0 aliphatic heterocycles. The second-order valence-corrected chi connectivity index (χ2v) is 7.46. The highest BCUT2D eigenvalue weighted by atomic mass is 19.1. The zero-order chi connectivity index (χ0) is 23.1. The van der Waals surface area contributed by atoms with Crippen LogP contribution in [0.3, 0.4) is 0 Å². The summed E-state index contributed by atoms with van der Waals surface area (Å²) >= 11 is 0. The summed E-state index contributed by atoms with van der Waals surface area (Å²) in [5.41, 5.74) is 5.75. The SMILES string of the molecule is CCCOc1cc(C)c(-c2cccc(C=Nc3ccc(OCC(=O)O)c(F)c3)c2)c(C)c1. The predicted octanol–water partition coefficient (Wildman–Crippen LogP) is 6.11. The maximum absolute atomic E-state index is 14.1. The highest BCUT2D eigenvalue weighted by Gasteiger charge is 2.10. The number of aliphatic carboxylic acids is 1. The van der Waals surface area contributed by atoms with Gasteiger partial charge in [-0.2, -0.15) is 0 Å². The van der Waals surface area contributed by atoms with E-state index in [1.807, 2.05) is 24.3 Å². The first-order valence-electron chi connectivity index (χ1n) is 10.4. The molecule has 0 atom stereocenters. The van der Waals surface area contributed by atoms with Crippen LogP contribution in [0.2, 0.25) is 0 Å².